The molecule has 0 unspecified atom stereocenters. The van der Waals surface area contributed by atoms with Crippen molar-refractivity contribution in [3.63, 3.8) is 0 Å². The van der Waals surface area contributed by atoms with E-state index in [-0.39, 0.29) is 0 Å². The van der Waals surface area contributed by atoms with E-state index in [1.807, 2.05) is 23.5 Å². The average molecular weight is 198 g/mol. The Morgan fingerprint density at radius 3 is 2.00 bits per heavy atom. The van der Waals surface area contributed by atoms with Crippen LogP contribution in [0.15, 0.2) is 20.6 Å². The van der Waals surface area contributed by atoms with Crippen molar-refractivity contribution in [2.24, 2.45) is 0 Å². The molecule has 2 heteroatoms. The summed E-state index contributed by atoms with van der Waals surface area (Å²) in [6.07, 6.45) is 8.44. The Balaban J connectivity index is 2.04. The van der Waals surface area contributed by atoms with Crippen LogP contribution in [0.25, 0.3) is 0 Å². The highest BCUT2D eigenvalue weighted by molar-refractivity contribution is 8.27. The largest absolute Gasteiger partial charge is 0.0902 e. The predicted molar refractivity (Wildman–Crippen MR) is 59.1 cm³/mol. The van der Waals surface area contributed by atoms with Crippen molar-refractivity contribution < 1.29 is 0 Å². The van der Waals surface area contributed by atoms with Crippen LogP contribution in [-0.4, -0.2) is 0 Å². The van der Waals surface area contributed by atoms with Crippen LogP contribution in [0.1, 0.15) is 38.5 Å². The summed E-state index contributed by atoms with van der Waals surface area (Å²) in [6.45, 7) is 0. The van der Waals surface area contributed by atoms with Gasteiger partial charge in [0.1, 0.15) is 0 Å². The number of hydrogen-bond donors (Lipinski definition) is 0. The van der Waals surface area contributed by atoms with Gasteiger partial charge in [-0.3, -0.25) is 0 Å². The third-order valence-electron chi connectivity index (χ3n) is 2.40. The summed E-state index contributed by atoms with van der Waals surface area (Å²) < 4.78 is 1.58. The summed E-state index contributed by atoms with van der Waals surface area (Å²) in [5.41, 5.74) is 1.73. The molecule has 0 radical (unpaired) electrons. The Kier molecular flexibility index (Phi) is 3.23. The number of allylic oxidation sites excluding steroid dienone is 1. The van der Waals surface area contributed by atoms with E-state index in [2.05, 4.69) is 10.8 Å². The lowest BCUT2D eigenvalue weighted by Crippen LogP contribution is -1.82. The van der Waals surface area contributed by atoms with Gasteiger partial charge in [0.25, 0.3) is 0 Å². The maximum absolute atomic E-state index is 2.21. The molecular weight excluding hydrogens is 184 g/mol. The van der Waals surface area contributed by atoms with E-state index in [1.54, 1.807) is 9.81 Å². The third-order valence-corrected chi connectivity index (χ3v) is 4.70. The normalized spacial score (nSPS) is 24.7. The van der Waals surface area contributed by atoms with E-state index >= 15 is 0 Å². The Labute approximate surface area is 82.9 Å². The third kappa shape index (κ3) is 2.11. The molecule has 2 aliphatic rings. The van der Waals surface area contributed by atoms with Gasteiger partial charge >= 0.3 is 0 Å². The van der Waals surface area contributed by atoms with Gasteiger partial charge in [-0.05, 0) is 42.1 Å². The second-order valence-electron chi connectivity index (χ2n) is 3.31. The first kappa shape index (κ1) is 8.76. The number of rotatable bonds is 0. The molecule has 0 amide bonds. The molecule has 0 nitrogen and oxygen atoms in total. The van der Waals surface area contributed by atoms with Crippen molar-refractivity contribution in [1.29, 1.82) is 0 Å². The van der Waals surface area contributed by atoms with Crippen molar-refractivity contribution in [3.8, 4) is 0 Å². The number of hydrogen-bond acceptors (Lipinski definition) is 2. The zero-order valence-corrected chi connectivity index (χ0v) is 8.85. The molecule has 1 saturated carbocycles. The summed E-state index contributed by atoms with van der Waals surface area (Å²) in [7, 11) is 0. The first-order valence-electron chi connectivity index (χ1n) is 4.67. The first-order valence-corrected chi connectivity index (χ1v) is 6.43. The maximum Gasteiger partial charge on any atom is 0.0479 e. The highest BCUT2D eigenvalue weighted by atomic mass is 32.2. The minimum absolute atomic E-state index is 1.36. The highest BCUT2D eigenvalue weighted by Gasteiger charge is 2.12. The van der Waals surface area contributed by atoms with Crippen LogP contribution < -0.4 is 0 Å². The Hall–Kier alpha value is 0.180. The Bertz CT molecular complexity index is 196. The van der Waals surface area contributed by atoms with E-state index < -0.39 is 0 Å². The van der Waals surface area contributed by atoms with Crippen molar-refractivity contribution in [2.45, 2.75) is 38.5 Å². The lowest BCUT2D eigenvalue weighted by molar-refractivity contribution is 0.702. The van der Waals surface area contributed by atoms with Crippen LogP contribution in [0.5, 0.6) is 0 Å². The molecule has 1 fully saturated rings. The second kappa shape index (κ2) is 4.43. The summed E-state index contributed by atoms with van der Waals surface area (Å²) >= 11 is 3.84. The van der Waals surface area contributed by atoms with Crippen molar-refractivity contribution in [1.82, 2.24) is 0 Å². The van der Waals surface area contributed by atoms with Gasteiger partial charge in [0, 0.05) is 4.24 Å². The standard InChI is InChI=1S/C10H14S2/c1-2-4-6-9(5-3-1)10-11-7-8-12-10/h7-8H,1-6H2. The van der Waals surface area contributed by atoms with Crippen LogP contribution in [0.3, 0.4) is 0 Å². The van der Waals surface area contributed by atoms with Gasteiger partial charge in [-0.25, -0.2) is 0 Å². The van der Waals surface area contributed by atoms with Crippen molar-refractivity contribution >= 4 is 23.5 Å². The highest BCUT2D eigenvalue weighted by Crippen LogP contribution is 2.43. The molecule has 0 atom stereocenters. The molecule has 0 N–H and O–H groups in total. The lowest BCUT2D eigenvalue weighted by Gasteiger charge is -2.05. The predicted octanol–water partition coefficient (Wildman–Crippen LogP) is 4.50. The van der Waals surface area contributed by atoms with Crippen LogP contribution in [0, 0.1) is 0 Å². The molecule has 0 bridgehead atoms. The van der Waals surface area contributed by atoms with Crippen LogP contribution in [0.2, 0.25) is 0 Å². The smallest absolute Gasteiger partial charge is 0.0479 e. The fraction of sp³-hybridized carbons (Fsp3) is 0.600. The van der Waals surface area contributed by atoms with Crippen LogP contribution in [-0.2, 0) is 0 Å². The fourth-order valence-electron chi connectivity index (χ4n) is 1.73. The Morgan fingerprint density at radius 2 is 1.42 bits per heavy atom. The molecule has 0 aromatic heterocycles. The van der Waals surface area contributed by atoms with Gasteiger partial charge in [0.2, 0.25) is 0 Å². The minimum Gasteiger partial charge on any atom is -0.0902 e. The molecule has 0 aromatic carbocycles. The average Bonchev–Trinajstić information content (AvgIpc) is 2.48. The molecular formula is C10H14S2. The second-order valence-corrected chi connectivity index (χ2v) is 5.40. The van der Waals surface area contributed by atoms with E-state index in [0.29, 0.717) is 0 Å². The van der Waals surface area contributed by atoms with E-state index in [4.69, 9.17) is 0 Å². The van der Waals surface area contributed by atoms with Gasteiger partial charge in [-0.1, -0.05) is 36.4 Å². The summed E-state index contributed by atoms with van der Waals surface area (Å²) in [4.78, 5) is 0. The Morgan fingerprint density at radius 1 is 0.833 bits per heavy atom. The molecule has 1 heterocycles. The molecule has 0 spiro atoms. The summed E-state index contributed by atoms with van der Waals surface area (Å²) in [5, 5.41) is 4.41. The lowest BCUT2D eigenvalue weighted by atomic mass is 10.1. The molecule has 0 saturated heterocycles. The summed E-state index contributed by atoms with van der Waals surface area (Å²) in [6, 6.07) is 0. The van der Waals surface area contributed by atoms with Gasteiger partial charge < -0.3 is 0 Å². The van der Waals surface area contributed by atoms with Crippen molar-refractivity contribution in [3.05, 3.63) is 20.6 Å². The number of thioether (sulfide) groups is 2. The van der Waals surface area contributed by atoms with Gasteiger partial charge in [0.15, 0.2) is 0 Å². The molecule has 1 aliphatic heterocycles. The van der Waals surface area contributed by atoms with Crippen LogP contribution in [0.4, 0.5) is 0 Å². The van der Waals surface area contributed by atoms with Gasteiger partial charge in [-0.15, -0.1) is 0 Å². The first-order chi connectivity index (χ1) is 5.97. The van der Waals surface area contributed by atoms with Crippen LogP contribution >= 0.6 is 23.5 Å². The van der Waals surface area contributed by atoms with E-state index in [0.717, 1.165) is 0 Å². The molecule has 1 aliphatic carbocycles. The van der Waals surface area contributed by atoms with E-state index in [1.165, 1.54) is 38.5 Å². The monoisotopic (exact) mass is 198 g/mol. The zero-order chi connectivity index (χ0) is 8.23. The molecule has 0 aromatic rings. The van der Waals surface area contributed by atoms with E-state index in [9.17, 15) is 0 Å². The van der Waals surface area contributed by atoms with Gasteiger partial charge in [0.05, 0.1) is 0 Å². The summed E-state index contributed by atoms with van der Waals surface area (Å²) in [5.74, 6) is 0. The van der Waals surface area contributed by atoms with Crippen molar-refractivity contribution in [2.75, 3.05) is 0 Å². The molecule has 2 rings (SSSR count). The quantitative estimate of drug-likeness (QED) is 0.525. The molecule has 12 heavy (non-hydrogen) atoms. The van der Waals surface area contributed by atoms with Gasteiger partial charge in [-0.2, -0.15) is 0 Å². The SMILES string of the molecule is C1=CSC(=C2CCCCCC2)S1. The minimum atomic E-state index is 1.36. The zero-order valence-electron chi connectivity index (χ0n) is 7.21. The fourth-order valence-corrected chi connectivity index (χ4v) is 3.72. The topological polar surface area (TPSA) is 0 Å². The molecule has 66 valence electrons. The maximum atomic E-state index is 2.21.